The topological polar surface area (TPSA) is 119 Å². The van der Waals surface area contributed by atoms with Crippen molar-refractivity contribution in [1.82, 2.24) is 14.7 Å². The van der Waals surface area contributed by atoms with E-state index in [1.165, 1.54) is 33.8 Å². The molecule has 1 amide bonds. The molecule has 8 nitrogen and oxygen atoms in total. The summed E-state index contributed by atoms with van der Waals surface area (Å²) in [6.45, 7) is 5.47. The zero-order valence-corrected chi connectivity index (χ0v) is 25.5. The first-order valence-electron chi connectivity index (χ1n) is 12.8. The van der Waals surface area contributed by atoms with E-state index < -0.39 is 36.3 Å². The second kappa shape index (κ2) is 14.8. The molecule has 0 bridgehead atoms. The number of aliphatic hydroxyl groups is 2. The molecule has 3 aromatic rings. The Morgan fingerprint density at radius 1 is 1.07 bits per heavy atom. The average molecular weight is 566 g/mol. The number of halogens is 2. The minimum absolute atomic E-state index is 0. The maximum atomic E-state index is 14.6. The van der Waals surface area contributed by atoms with Gasteiger partial charge in [0.25, 0.3) is 5.91 Å². The number of carbonyl (C=O) groups is 2. The molecule has 3 rings (SSSR count). The van der Waals surface area contributed by atoms with E-state index in [1.54, 1.807) is 32.2 Å². The zero-order valence-electron chi connectivity index (χ0n) is 23.5. The number of carboxylic acid groups (broad SMARTS) is 1. The number of aryl methyl sites for hydroxylation is 1. The van der Waals surface area contributed by atoms with Crippen molar-refractivity contribution in [2.75, 3.05) is 7.05 Å². The predicted molar refractivity (Wildman–Crippen MR) is 139 cm³/mol. The molecular weight excluding hydrogens is 531 g/mol. The number of carbonyl (C=O) groups excluding carboxylic acids is 2. The maximum absolute atomic E-state index is 14.6. The number of aliphatic hydroxyl groups excluding tert-OH is 2. The molecule has 11 heteroatoms. The Labute approximate surface area is 254 Å². The molecule has 0 saturated heterocycles. The van der Waals surface area contributed by atoms with Gasteiger partial charge >= 0.3 is 29.6 Å². The van der Waals surface area contributed by atoms with Crippen molar-refractivity contribution in [2.45, 2.75) is 71.1 Å². The molecule has 0 aliphatic heterocycles. The first-order valence-corrected chi connectivity index (χ1v) is 12.8. The number of aromatic nitrogens is 2. The van der Waals surface area contributed by atoms with Crippen molar-refractivity contribution in [3.05, 3.63) is 82.2 Å². The molecule has 2 unspecified atom stereocenters. The number of nitrogens with zero attached hydrogens (tertiary/aromatic N) is 3. The zero-order chi connectivity index (χ0) is 28.9. The molecule has 2 N–H and O–H groups in total. The van der Waals surface area contributed by atoms with Crippen molar-refractivity contribution < 1.29 is 63.2 Å². The van der Waals surface area contributed by atoms with E-state index in [-0.39, 0.29) is 72.8 Å². The molecule has 1 heterocycles. The van der Waals surface area contributed by atoms with Crippen LogP contribution in [0, 0.1) is 18.6 Å². The molecule has 1 aromatic heterocycles. The van der Waals surface area contributed by atoms with Crippen LogP contribution in [0.4, 0.5) is 8.78 Å². The van der Waals surface area contributed by atoms with Crippen molar-refractivity contribution >= 4 is 11.9 Å². The standard InChI is InChI=1S/C29H35F2N3O5.Na/c1-17(2)26-24(13-12-22(35)14-23(36)15-25(37)38)34(21-10-8-20(30)9-11-21)32-28(26)29(39)33(4)16-19-7-5-6-18(3)27(19)31;/h5-11,17,22-23,35-36H,12-16H2,1-4H3,(H,37,38);/q;+1/p-1. The van der Waals surface area contributed by atoms with Crippen molar-refractivity contribution in [3.8, 4) is 5.69 Å². The van der Waals surface area contributed by atoms with Crippen molar-refractivity contribution in [2.24, 2.45) is 0 Å². The number of aliphatic carboxylic acids is 1. The summed E-state index contributed by atoms with van der Waals surface area (Å²) in [4.78, 5) is 25.8. The Hall–Kier alpha value is -2.63. The van der Waals surface area contributed by atoms with Crippen LogP contribution in [0.3, 0.4) is 0 Å². The Bertz CT molecular complexity index is 1310. The molecular formula is C29H34F2N3NaO5. The number of benzene rings is 2. The first kappa shape index (κ1) is 33.6. The van der Waals surface area contributed by atoms with Crippen LogP contribution in [0.2, 0.25) is 0 Å². The van der Waals surface area contributed by atoms with Crippen LogP contribution >= 0.6 is 0 Å². The van der Waals surface area contributed by atoms with E-state index in [0.717, 1.165) is 0 Å². The van der Waals surface area contributed by atoms with Crippen LogP contribution in [0.5, 0.6) is 0 Å². The Balaban J connectivity index is 0.00000560. The number of hydrogen-bond donors (Lipinski definition) is 2. The van der Waals surface area contributed by atoms with E-state index in [4.69, 9.17) is 0 Å². The van der Waals surface area contributed by atoms with E-state index in [2.05, 4.69) is 5.10 Å². The Morgan fingerprint density at radius 3 is 2.33 bits per heavy atom. The van der Waals surface area contributed by atoms with Crippen molar-refractivity contribution in [1.29, 1.82) is 0 Å². The van der Waals surface area contributed by atoms with Gasteiger partial charge in [0.2, 0.25) is 0 Å². The minimum atomic E-state index is -1.41. The van der Waals surface area contributed by atoms with Crippen LogP contribution < -0.4 is 34.7 Å². The predicted octanol–water partition coefficient (Wildman–Crippen LogP) is 0.0430. The molecule has 2 atom stereocenters. The molecule has 0 saturated carbocycles. The second-order valence-corrected chi connectivity index (χ2v) is 10.1. The normalized spacial score (nSPS) is 12.6. The molecule has 0 fully saturated rings. The van der Waals surface area contributed by atoms with Crippen LogP contribution in [0.15, 0.2) is 42.5 Å². The molecule has 0 spiro atoms. The fourth-order valence-corrected chi connectivity index (χ4v) is 4.62. The smallest absolute Gasteiger partial charge is 0.550 e. The van der Waals surface area contributed by atoms with Gasteiger partial charge in [-0.1, -0.05) is 32.0 Å². The fraction of sp³-hybridized carbons (Fsp3) is 0.414. The fourth-order valence-electron chi connectivity index (χ4n) is 4.62. The van der Waals surface area contributed by atoms with Gasteiger partial charge in [-0.05, 0) is 61.9 Å². The Morgan fingerprint density at radius 2 is 1.73 bits per heavy atom. The summed E-state index contributed by atoms with van der Waals surface area (Å²) in [6, 6.07) is 10.6. The van der Waals surface area contributed by atoms with Gasteiger partial charge in [-0.25, -0.2) is 13.5 Å². The van der Waals surface area contributed by atoms with Gasteiger partial charge in [-0.3, -0.25) is 4.79 Å². The van der Waals surface area contributed by atoms with Gasteiger partial charge < -0.3 is 25.0 Å². The van der Waals surface area contributed by atoms with Crippen molar-refractivity contribution in [3.63, 3.8) is 0 Å². The SMILES string of the molecule is Cc1cccc(CN(C)C(=O)c2nn(-c3ccc(F)cc3)c(CCC(O)CC(O)CC(=O)[O-])c2C(C)C)c1F.[Na+]. The molecule has 210 valence electrons. The number of amides is 1. The van der Waals surface area contributed by atoms with Crippen LogP contribution in [0.25, 0.3) is 5.69 Å². The van der Waals surface area contributed by atoms with Gasteiger partial charge in [0.1, 0.15) is 11.6 Å². The molecule has 2 aromatic carbocycles. The minimum Gasteiger partial charge on any atom is -0.550 e. The van der Waals surface area contributed by atoms with Crippen LogP contribution in [-0.4, -0.2) is 56.0 Å². The summed E-state index contributed by atoms with van der Waals surface area (Å²) >= 11 is 0. The monoisotopic (exact) mass is 565 g/mol. The molecule has 40 heavy (non-hydrogen) atoms. The van der Waals surface area contributed by atoms with E-state index in [0.29, 0.717) is 28.1 Å². The largest absolute Gasteiger partial charge is 1.00 e. The third-order valence-corrected chi connectivity index (χ3v) is 6.56. The van der Waals surface area contributed by atoms with E-state index >= 15 is 0 Å². The Kier molecular flexibility index (Phi) is 12.5. The summed E-state index contributed by atoms with van der Waals surface area (Å²) in [6.07, 6.45) is -2.65. The first-order chi connectivity index (χ1) is 18.4. The molecule has 0 aliphatic carbocycles. The van der Waals surface area contributed by atoms with Gasteiger partial charge in [-0.15, -0.1) is 0 Å². The van der Waals surface area contributed by atoms with E-state index in [1.807, 2.05) is 13.8 Å². The summed E-state index contributed by atoms with van der Waals surface area (Å²) in [5, 5.41) is 35.7. The second-order valence-electron chi connectivity index (χ2n) is 10.1. The number of hydrogen-bond acceptors (Lipinski definition) is 6. The summed E-state index contributed by atoms with van der Waals surface area (Å²) in [5.74, 6) is -2.83. The molecule has 0 radical (unpaired) electrons. The number of carboxylic acids is 1. The summed E-state index contributed by atoms with van der Waals surface area (Å²) in [5.41, 5.74) is 2.75. The van der Waals surface area contributed by atoms with E-state index in [9.17, 15) is 33.7 Å². The number of rotatable bonds is 12. The van der Waals surface area contributed by atoms with Gasteiger partial charge in [0.15, 0.2) is 5.69 Å². The maximum Gasteiger partial charge on any atom is 1.00 e. The summed E-state index contributed by atoms with van der Waals surface area (Å²) in [7, 11) is 1.56. The third kappa shape index (κ3) is 8.44. The summed E-state index contributed by atoms with van der Waals surface area (Å²) < 4.78 is 29.8. The third-order valence-electron chi connectivity index (χ3n) is 6.56. The average Bonchev–Trinajstić information content (AvgIpc) is 3.24. The molecule has 0 aliphatic rings. The quantitative estimate of drug-likeness (QED) is 0.300. The van der Waals surface area contributed by atoms with Gasteiger partial charge in [0, 0.05) is 42.8 Å². The van der Waals surface area contributed by atoms with Crippen LogP contribution in [-0.2, 0) is 17.8 Å². The van der Waals surface area contributed by atoms with Crippen LogP contribution in [0.1, 0.15) is 71.9 Å². The van der Waals surface area contributed by atoms with Gasteiger partial charge in [0.05, 0.1) is 17.9 Å². The van der Waals surface area contributed by atoms with Gasteiger partial charge in [-0.2, -0.15) is 5.10 Å².